The van der Waals surface area contributed by atoms with E-state index in [1.165, 1.54) is 23.0 Å². The van der Waals surface area contributed by atoms with Crippen molar-refractivity contribution >= 4 is 5.65 Å². The number of halogens is 3. The molecule has 0 aliphatic heterocycles. The third-order valence-electron chi connectivity index (χ3n) is 2.54. The van der Waals surface area contributed by atoms with Crippen molar-refractivity contribution in [2.24, 2.45) is 0 Å². The molecule has 6 nitrogen and oxygen atoms in total. The SMILES string of the molecule is O=c1ccn2ncc(-n3cc(C(F)(F)F)cn3)c2[nH]1. The molecule has 3 rings (SSSR count). The van der Waals surface area contributed by atoms with Crippen LogP contribution >= 0.6 is 0 Å². The molecule has 3 aromatic heterocycles. The Balaban J connectivity index is 2.17. The maximum atomic E-state index is 12.5. The molecule has 0 unspecified atom stereocenters. The largest absolute Gasteiger partial charge is 0.419 e. The van der Waals surface area contributed by atoms with E-state index in [1.807, 2.05) is 0 Å². The number of hydrogen-bond donors (Lipinski definition) is 1. The van der Waals surface area contributed by atoms with Crippen LogP contribution < -0.4 is 5.56 Å². The lowest BCUT2D eigenvalue weighted by Gasteiger charge is -2.01. The standard InChI is InChI=1S/C10H6F3N5O/c11-10(12,13)6-3-14-18(5-6)7-4-15-17-2-1-8(19)16-9(7)17/h1-5H,(H,16,19). The zero-order valence-electron chi connectivity index (χ0n) is 9.22. The minimum atomic E-state index is -4.46. The maximum absolute atomic E-state index is 12.5. The molecule has 0 aromatic carbocycles. The summed E-state index contributed by atoms with van der Waals surface area (Å²) in [5, 5.41) is 7.54. The van der Waals surface area contributed by atoms with Crippen LogP contribution in [0.4, 0.5) is 13.2 Å². The molecule has 98 valence electrons. The summed E-state index contributed by atoms with van der Waals surface area (Å²) in [4.78, 5) is 13.7. The van der Waals surface area contributed by atoms with E-state index in [2.05, 4.69) is 15.2 Å². The number of fused-ring (bicyclic) bond motifs is 1. The highest BCUT2D eigenvalue weighted by molar-refractivity contribution is 5.57. The Morgan fingerprint density at radius 3 is 2.68 bits per heavy atom. The van der Waals surface area contributed by atoms with Crippen LogP contribution in [0.5, 0.6) is 0 Å². The second kappa shape index (κ2) is 3.70. The zero-order valence-corrected chi connectivity index (χ0v) is 9.22. The minimum absolute atomic E-state index is 0.258. The van der Waals surface area contributed by atoms with Crippen LogP contribution in [-0.4, -0.2) is 24.4 Å². The van der Waals surface area contributed by atoms with Crippen LogP contribution in [0.2, 0.25) is 0 Å². The first-order valence-electron chi connectivity index (χ1n) is 5.14. The van der Waals surface area contributed by atoms with Crippen LogP contribution in [-0.2, 0) is 6.18 Å². The van der Waals surface area contributed by atoms with Gasteiger partial charge < -0.3 is 4.98 Å². The topological polar surface area (TPSA) is 68.0 Å². The molecule has 0 amide bonds. The Bertz CT molecular complexity index is 797. The zero-order chi connectivity index (χ0) is 13.6. The van der Waals surface area contributed by atoms with E-state index in [1.54, 1.807) is 0 Å². The van der Waals surface area contributed by atoms with Gasteiger partial charge in [0.05, 0.1) is 18.0 Å². The summed E-state index contributed by atoms with van der Waals surface area (Å²) >= 11 is 0. The van der Waals surface area contributed by atoms with Crippen molar-refractivity contribution in [2.45, 2.75) is 6.18 Å². The third-order valence-corrected chi connectivity index (χ3v) is 2.54. The van der Waals surface area contributed by atoms with Gasteiger partial charge in [0.25, 0.3) is 5.56 Å². The van der Waals surface area contributed by atoms with Crippen molar-refractivity contribution in [1.29, 1.82) is 0 Å². The molecule has 0 fully saturated rings. The Kier molecular flexibility index (Phi) is 2.24. The number of H-pyrrole nitrogens is 1. The molecule has 0 bridgehead atoms. The summed E-state index contributed by atoms with van der Waals surface area (Å²) in [6.07, 6.45) is -0.189. The average Bonchev–Trinajstić information content (AvgIpc) is 2.92. The highest BCUT2D eigenvalue weighted by Crippen LogP contribution is 2.29. The fraction of sp³-hybridized carbons (Fsp3) is 0.100. The second-order valence-corrected chi connectivity index (χ2v) is 3.80. The molecule has 0 aliphatic rings. The number of rotatable bonds is 1. The first-order chi connectivity index (χ1) is 8.95. The van der Waals surface area contributed by atoms with Gasteiger partial charge in [0.1, 0.15) is 5.69 Å². The van der Waals surface area contributed by atoms with Gasteiger partial charge >= 0.3 is 6.18 Å². The van der Waals surface area contributed by atoms with Crippen LogP contribution in [0, 0.1) is 0 Å². The fourth-order valence-corrected chi connectivity index (χ4v) is 1.65. The van der Waals surface area contributed by atoms with Gasteiger partial charge in [-0.25, -0.2) is 9.20 Å². The molecular weight excluding hydrogens is 263 g/mol. The lowest BCUT2D eigenvalue weighted by atomic mass is 10.3. The van der Waals surface area contributed by atoms with Crippen LogP contribution in [0.15, 0.2) is 35.6 Å². The van der Waals surface area contributed by atoms with Gasteiger partial charge in [-0.2, -0.15) is 23.4 Å². The molecule has 0 spiro atoms. The molecule has 0 aliphatic carbocycles. The predicted octanol–water partition coefficient (Wildman–Crippen LogP) is 1.23. The number of nitrogens with one attached hydrogen (secondary N) is 1. The number of aromatic amines is 1. The normalized spacial score (nSPS) is 12.2. The Morgan fingerprint density at radius 1 is 1.21 bits per heavy atom. The minimum Gasteiger partial charge on any atom is -0.305 e. The Morgan fingerprint density at radius 2 is 2.00 bits per heavy atom. The van der Waals surface area contributed by atoms with Gasteiger partial charge in [0, 0.05) is 18.5 Å². The summed E-state index contributed by atoms with van der Waals surface area (Å²) in [7, 11) is 0. The van der Waals surface area contributed by atoms with E-state index in [9.17, 15) is 18.0 Å². The molecule has 3 heterocycles. The second-order valence-electron chi connectivity index (χ2n) is 3.80. The van der Waals surface area contributed by atoms with E-state index < -0.39 is 11.7 Å². The van der Waals surface area contributed by atoms with Crippen molar-refractivity contribution in [2.75, 3.05) is 0 Å². The highest BCUT2D eigenvalue weighted by atomic mass is 19.4. The number of nitrogens with zero attached hydrogens (tertiary/aromatic N) is 4. The molecule has 0 saturated heterocycles. The lowest BCUT2D eigenvalue weighted by molar-refractivity contribution is -0.137. The maximum Gasteiger partial charge on any atom is 0.419 e. The van der Waals surface area contributed by atoms with E-state index in [4.69, 9.17) is 0 Å². The molecule has 0 radical (unpaired) electrons. The first-order valence-corrected chi connectivity index (χ1v) is 5.14. The van der Waals surface area contributed by atoms with Crippen molar-refractivity contribution in [1.82, 2.24) is 24.4 Å². The molecular formula is C10H6F3N5O. The van der Waals surface area contributed by atoms with Crippen molar-refractivity contribution in [3.63, 3.8) is 0 Å². The first kappa shape index (κ1) is 11.5. The molecule has 0 saturated carbocycles. The predicted molar refractivity (Wildman–Crippen MR) is 57.9 cm³/mol. The quantitative estimate of drug-likeness (QED) is 0.722. The van der Waals surface area contributed by atoms with Crippen LogP contribution in [0.3, 0.4) is 0 Å². The average molecular weight is 269 g/mol. The molecule has 0 atom stereocenters. The smallest absolute Gasteiger partial charge is 0.305 e. The summed E-state index contributed by atoms with van der Waals surface area (Å²) < 4.78 is 39.8. The van der Waals surface area contributed by atoms with Gasteiger partial charge in [-0.15, -0.1) is 0 Å². The van der Waals surface area contributed by atoms with Gasteiger partial charge in [0.15, 0.2) is 5.65 Å². The molecule has 9 heteroatoms. The van der Waals surface area contributed by atoms with E-state index in [0.29, 0.717) is 6.20 Å². The monoisotopic (exact) mass is 269 g/mol. The molecule has 3 aromatic rings. The molecule has 19 heavy (non-hydrogen) atoms. The van der Waals surface area contributed by atoms with E-state index in [-0.39, 0.29) is 16.9 Å². The van der Waals surface area contributed by atoms with Gasteiger partial charge in [0.2, 0.25) is 0 Å². The van der Waals surface area contributed by atoms with E-state index in [0.717, 1.165) is 10.9 Å². The third kappa shape index (κ3) is 1.88. The molecule has 1 N–H and O–H groups in total. The van der Waals surface area contributed by atoms with Gasteiger partial charge in [-0.05, 0) is 0 Å². The lowest BCUT2D eigenvalue weighted by Crippen LogP contribution is -2.07. The number of alkyl halides is 3. The fourth-order valence-electron chi connectivity index (χ4n) is 1.65. The van der Waals surface area contributed by atoms with Crippen molar-refractivity contribution < 1.29 is 13.2 Å². The van der Waals surface area contributed by atoms with Crippen LogP contribution in [0.1, 0.15) is 5.56 Å². The summed E-state index contributed by atoms with van der Waals surface area (Å²) in [5.74, 6) is 0. The van der Waals surface area contributed by atoms with Crippen molar-refractivity contribution in [3.05, 3.63) is 46.8 Å². The van der Waals surface area contributed by atoms with Crippen molar-refractivity contribution in [3.8, 4) is 5.69 Å². The highest BCUT2D eigenvalue weighted by Gasteiger charge is 2.32. The number of aromatic nitrogens is 5. The number of hydrogen-bond acceptors (Lipinski definition) is 3. The van der Waals surface area contributed by atoms with Gasteiger partial charge in [-0.1, -0.05) is 0 Å². The van der Waals surface area contributed by atoms with Gasteiger partial charge in [-0.3, -0.25) is 4.79 Å². The summed E-state index contributed by atoms with van der Waals surface area (Å²) in [6.45, 7) is 0. The Hall–Kier alpha value is -2.58. The van der Waals surface area contributed by atoms with Crippen LogP contribution in [0.25, 0.3) is 11.3 Å². The summed E-state index contributed by atoms with van der Waals surface area (Å²) in [6, 6.07) is 1.26. The Labute approximate surface area is 103 Å². The van der Waals surface area contributed by atoms with E-state index >= 15 is 0 Å². The summed E-state index contributed by atoms with van der Waals surface area (Å²) in [5.41, 5.74) is -0.722.